The average Bonchev–Trinajstić information content (AvgIpc) is 2.15. The lowest BCUT2D eigenvalue weighted by atomic mass is 10.6. The summed E-state index contributed by atoms with van der Waals surface area (Å²) in [7, 11) is 0. The Hall–Kier alpha value is -2.00. The van der Waals surface area contributed by atoms with E-state index in [1.54, 1.807) is 0 Å². The maximum Gasteiger partial charge on any atom is 0.384 e. The number of aliphatic hydroxyl groups is 2. The molecule has 2 N–H and O–H groups in total. The van der Waals surface area contributed by atoms with Crippen LogP contribution >= 0.6 is 0 Å². The first-order valence-corrected chi connectivity index (χ1v) is 4.20. The molecule has 9 heteroatoms. The van der Waals surface area contributed by atoms with Gasteiger partial charge in [-0.15, -0.1) is 0 Å². The summed E-state index contributed by atoms with van der Waals surface area (Å²) in [4.78, 5) is 42.4. The van der Waals surface area contributed by atoms with Crippen molar-refractivity contribution in [2.24, 2.45) is 0 Å². The molecule has 0 aromatic heterocycles. The molecule has 0 rings (SSSR count). The molecule has 0 bridgehead atoms. The van der Waals surface area contributed by atoms with Crippen molar-refractivity contribution in [1.82, 2.24) is 0 Å². The van der Waals surface area contributed by atoms with Crippen molar-refractivity contribution >= 4 is 23.9 Å². The van der Waals surface area contributed by atoms with E-state index in [4.69, 9.17) is 10.2 Å². The maximum absolute atomic E-state index is 10.9. The Morgan fingerprint density at radius 2 is 1.12 bits per heavy atom. The van der Waals surface area contributed by atoms with Crippen molar-refractivity contribution < 1.29 is 43.6 Å². The molecule has 0 saturated carbocycles. The molecular weight excluding hydrogens is 240 g/mol. The van der Waals surface area contributed by atoms with Gasteiger partial charge in [0.2, 0.25) is 0 Å². The molecule has 96 valence electrons. The number of hydrogen-bond acceptors (Lipinski definition) is 9. The van der Waals surface area contributed by atoms with Gasteiger partial charge in [-0.1, -0.05) is 0 Å². The fourth-order valence-electron chi connectivity index (χ4n) is 0.611. The van der Waals surface area contributed by atoms with Gasteiger partial charge in [0.25, 0.3) is 12.6 Å². The zero-order valence-corrected chi connectivity index (χ0v) is 8.91. The summed E-state index contributed by atoms with van der Waals surface area (Å²) < 4.78 is 11.8. The molecule has 0 radical (unpaired) electrons. The molecule has 0 spiro atoms. The Bertz CT molecular complexity index is 302. The summed E-state index contributed by atoms with van der Waals surface area (Å²) in [6.07, 6.45) is -4.61. The molecule has 2 unspecified atom stereocenters. The van der Waals surface area contributed by atoms with Gasteiger partial charge >= 0.3 is 23.9 Å². The molecule has 0 aliphatic carbocycles. The Kier molecular flexibility index (Phi) is 5.78. The monoisotopic (exact) mass is 250 g/mol. The van der Waals surface area contributed by atoms with E-state index in [1.807, 2.05) is 0 Å². The highest BCUT2D eigenvalue weighted by atomic mass is 16.7. The second-order valence-corrected chi connectivity index (χ2v) is 2.66. The number of carbonyl (C=O) groups excluding carboxylic acids is 4. The number of esters is 4. The third-order valence-electron chi connectivity index (χ3n) is 1.16. The lowest BCUT2D eigenvalue weighted by molar-refractivity contribution is -0.205. The number of aliphatic hydroxyl groups excluding tert-OH is 2. The van der Waals surface area contributed by atoms with Crippen molar-refractivity contribution in [3.8, 4) is 0 Å². The molecule has 2 atom stereocenters. The standard InChI is InChI=1S/C8H10O9/c1-3(9)15-5(11)7(13)17-8(14)6(12)16-4(2)10/h5-6,11-12H,1-2H3. The molecule has 17 heavy (non-hydrogen) atoms. The van der Waals surface area contributed by atoms with Crippen LogP contribution < -0.4 is 0 Å². The van der Waals surface area contributed by atoms with Crippen LogP contribution in [0.4, 0.5) is 0 Å². The van der Waals surface area contributed by atoms with Crippen molar-refractivity contribution in [2.75, 3.05) is 0 Å². The van der Waals surface area contributed by atoms with Crippen LogP contribution in [0.2, 0.25) is 0 Å². The predicted molar refractivity (Wildman–Crippen MR) is 46.6 cm³/mol. The molecular formula is C8H10O9. The highest BCUT2D eigenvalue weighted by Gasteiger charge is 2.28. The first-order chi connectivity index (χ1) is 7.73. The first-order valence-electron chi connectivity index (χ1n) is 4.20. The molecule has 0 aromatic rings. The van der Waals surface area contributed by atoms with Crippen LogP contribution in [0.1, 0.15) is 13.8 Å². The fourth-order valence-corrected chi connectivity index (χ4v) is 0.611. The van der Waals surface area contributed by atoms with Crippen LogP contribution in [0, 0.1) is 0 Å². The highest BCUT2D eigenvalue weighted by Crippen LogP contribution is 1.97. The smallest absolute Gasteiger partial charge is 0.384 e. The Morgan fingerprint density at radius 3 is 1.35 bits per heavy atom. The van der Waals surface area contributed by atoms with E-state index in [2.05, 4.69) is 14.2 Å². The van der Waals surface area contributed by atoms with Gasteiger partial charge < -0.3 is 24.4 Å². The SMILES string of the molecule is CC(=O)OC(O)C(=O)OC(=O)C(O)OC(C)=O. The third-order valence-corrected chi connectivity index (χ3v) is 1.16. The Labute approximate surface area is 94.9 Å². The van der Waals surface area contributed by atoms with E-state index in [1.165, 1.54) is 0 Å². The van der Waals surface area contributed by atoms with E-state index in [0.717, 1.165) is 13.8 Å². The topological polar surface area (TPSA) is 136 Å². The van der Waals surface area contributed by atoms with Crippen LogP contribution in [0.3, 0.4) is 0 Å². The third kappa shape index (κ3) is 6.22. The number of rotatable bonds is 4. The van der Waals surface area contributed by atoms with E-state index in [0.29, 0.717) is 0 Å². The van der Waals surface area contributed by atoms with Gasteiger partial charge in [-0.25, -0.2) is 9.59 Å². The lowest BCUT2D eigenvalue weighted by Crippen LogP contribution is -2.35. The van der Waals surface area contributed by atoms with E-state index in [9.17, 15) is 19.2 Å². The molecule has 9 nitrogen and oxygen atoms in total. The largest absolute Gasteiger partial charge is 0.424 e. The molecule has 0 amide bonds. The minimum Gasteiger partial charge on any atom is -0.424 e. The van der Waals surface area contributed by atoms with Gasteiger partial charge in [-0.2, -0.15) is 0 Å². The minimum absolute atomic E-state index is 0.909. The summed E-state index contributed by atoms with van der Waals surface area (Å²) in [6.45, 7) is 1.82. The van der Waals surface area contributed by atoms with Crippen LogP contribution in [0.15, 0.2) is 0 Å². The zero-order chi connectivity index (χ0) is 13.6. The number of hydrogen-bond donors (Lipinski definition) is 2. The molecule has 0 aliphatic rings. The van der Waals surface area contributed by atoms with E-state index >= 15 is 0 Å². The van der Waals surface area contributed by atoms with Crippen LogP contribution in [-0.2, 0) is 33.4 Å². The van der Waals surface area contributed by atoms with Crippen molar-refractivity contribution in [1.29, 1.82) is 0 Å². The van der Waals surface area contributed by atoms with Gasteiger partial charge in [-0.3, -0.25) is 9.59 Å². The highest BCUT2D eigenvalue weighted by molar-refractivity contribution is 5.90. The second kappa shape index (κ2) is 6.55. The van der Waals surface area contributed by atoms with Gasteiger partial charge in [-0.05, 0) is 0 Å². The van der Waals surface area contributed by atoms with Crippen LogP contribution in [0.25, 0.3) is 0 Å². The quantitative estimate of drug-likeness (QED) is 0.247. The van der Waals surface area contributed by atoms with Crippen molar-refractivity contribution in [2.45, 2.75) is 26.4 Å². The number of carbonyl (C=O) groups is 4. The molecule has 0 aliphatic heterocycles. The maximum atomic E-state index is 10.9. The molecule has 0 heterocycles. The van der Waals surface area contributed by atoms with Gasteiger partial charge in [0, 0.05) is 13.8 Å². The summed E-state index contributed by atoms with van der Waals surface area (Å²) in [5.74, 6) is -5.22. The van der Waals surface area contributed by atoms with E-state index < -0.39 is 36.5 Å². The summed E-state index contributed by atoms with van der Waals surface area (Å²) in [5.41, 5.74) is 0. The van der Waals surface area contributed by atoms with Gasteiger partial charge in [0.15, 0.2) is 0 Å². The molecule has 0 saturated heterocycles. The van der Waals surface area contributed by atoms with Crippen LogP contribution in [0.5, 0.6) is 0 Å². The Balaban J connectivity index is 4.24. The number of ether oxygens (including phenoxy) is 3. The van der Waals surface area contributed by atoms with Gasteiger partial charge in [0.05, 0.1) is 0 Å². The summed E-state index contributed by atoms with van der Waals surface area (Å²) in [6, 6.07) is 0. The predicted octanol–water partition coefficient (Wildman–Crippen LogP) is -2.18. The second-order valence-electron chi connectivity index (χ2n) is 2.66. The van der Waals surface area contributed by atoms with Gasteiger partial charge in [0.1, 0.15) is 0 Å². The van der Waals surface area contributed by atoms with E-state index in [-0.39, 0.29) is 0 Å². The zero-order valence-electron chi connectivity index (χ0n) is 8.91. The summed E-state index contributed by atoms with van der Waals surface area (Å²) >= 11 is 0. The molecule has 0 aromatic carbocycles. The Morgan fingerprint density at radius 1 is 0.824 bits per heavy atom. The minimum atomic E-state index is -2.30. The summed E-state index contributed by atoms with van der Waals surface area (Å²) in [5, 5.41) is 17.7. The van der Waals surface area contributed by atoms with Crippen LogP contribution in [-0.4, -0.2) is 46.7 Å². The van der Waals surface area contributed by atoms with Crippen molar-refractivity contribution in [3.63, 3.8) is 0 Å². The first kappa shape index (κ1) is 15.0. The lowest BCUT2D eigenvalue weighted by Gasteiger charge is -2.11. The van der Waals surface area contributed by atoms with Crippen molar-refractivity contribution in [3.05, 3.63) is 0 Å². The molecule has 0 fully saturated rings. The normalized spacial score (nSPS) is 13.2. The average molecular weight is 250 g/mol. The fraction of sp³-hybridized carbons (Fsp3) is 0.500.